The fourth-order valence-electron chi connectivity index (χ4n) is 4.31. The van der Waals surface area contributed by atoms with E-state index < -0.39 is 20.0 Å². The number of para-hydroxylation sites is 1. The molecule has 0 fully saturated rings. The van der Waals surface area contributed by atoms with E-state index >= 15 is 0 Å². The van der Waals surface area contributed by atoms with Gasteiger partial charge in [0.15, 0.2) is 5.82 Å². The normalized spacial score (nSPS) is 11.5. The van der Waals surface area contributed by atoms with E-state index in [1.165, 1.54) is 36.7 Å². The van der Waals surface area contributed by atoms with E-state index in [1.54, 1.807) is 41.9 Å². The molecule has 6 aromatic rings. The zero-order valence-electron chi connectivity index (χ0n) is 24.8. The summed E-state index contributed by atoms with van der Waals surface area (Å²) in [4.78, 5) is 7.89. The molecule has 0 bridgehead atoms. The minimum Gasteiger partial charge on any atom is -0.337 e. The topological polar surface area (TPSA) is 198 Å². The summed E-state index contributed by atoms with van der Waals surface area (Å²) in [7, 11) is -7.77. The van der Waals surface area contributed by atoms with Gasteiger partial charge in [0.05, 0.1) is 26.9 Å². The number of nitrogens with one attached hydrogen (secondary N) is 5. The lowest BCUT2D eigenvalue weighted by atomic mass is 10.3. The van der Waals surface area contributed by atoms with E-state index in [0.29, 0.717) is 33.6 Å². The largest absolute Gasteiger partial charge is 0.337 e. The van der Waals surface area contributed by atoms with E-state index in [0.717, 1.165) is 17.0 Å². The number of sulfonamides is 2. The first-order chi connectivity index (χ1) is 22.6. The maximum Gasteiger partial charge on any atom is 0.264 e. The third kappa shape index (κ3) is 7.29. The van der Waals surface area contributed by atoms with Crippen molar-refractivity contribution in [2.45, 2.75) is 23.6 Å². The summed E-state index contributed by atoms with van der Waals surface area (Å²) < 4.78 is 57.8. The number of nitrogens with zero attached hydrogens (tertiary/aromatic N) is 6. The first-order valence-electron chi connectivity index (χ1n) is 13.8. The van der Waals surface area contributed by atoms with Gasteiger partial charge < -0.3 is 10.7 Å². The van der Waals surface area contributed by atoms with Crippen molar-refractivity contribution in [2.24, 2.45) is 0 Å². The monoisotopic (exact) mass is 689 g/mol. The van der Waals surface area contributed by atoms with Crippen molar-refractivity contribution in [3.05, 3.63) is 108 Å². The molecule has 3 heterocycles. The minimum atomic E-state index is -3.89. The van der Waals surface area contributed by atoms with E-state index in [2.05, 4.69) is 45.8 Å². The highest BCUT2D eigenvalue weighted by molar-refractivity contribution is 7.93. The summed E-state index contributed by atoms with van der Waals surface area (Å²) in [5, 5.41) is 16.6. The van der Waals surface area contributed by atoms with Crippen LogP contribution in [0.4, 0.5) is 34.0 Å². The van der Waals surface area contributed by atoms with Crippen molar-refractivity contribution >= 4 is 65.3 Å². The van der Waals surface area contributed by atoms with Crippen LogP contribution < -0.4 is 25.6 Å². The Labute approximate surface area is 274 Å². The number of hydrogen-bond acceptors (Lipinski definition) is 13. The number of anilines is 6. The molecule has 240 valence electrons. The molecular weight excluding hydrogens is 663 g/mol. The summed E-state index contributed by atoms with van der Waals surface area (Å²) in [5.41, 5.74) is 9.54. The number of benzene rings is 3. The van der Waals surface area contributed by atoms with Gasteiger partial charge >= 0.3 is 0 Å². The van der Waals surface area contributed by atoms with Crippen LogP contribution in [0.1, 0.15) is 10.7 Å². The van der Waals surface area contributed by atoms with Crippen molar-refractivity contribution in [1.82, 2.24) is 29.9 Å². The van der Waals surface area contributed by atoms with Crippen LogP contribution in [0.25, 0.3) is 5.69 Å². The first kappa shape index (κ1) is 31.4. The Balaban J connectivity index is 1.23. The van der Waals surface area contributed by atoms with Gasteiger partial charge in [-0.2, -0.15) is 0 Å². The van der Waals surface area contributed by atoms with Crippen LogP contribution in [-0.2, 0) is 20.0 Å². The molecule has 47 heavy (non-hydrogen) atoms. The van der Waals surface area contributed by atoms with Crippen LogP contribution in [0.5, 0.6) is 0 Å². The van der Waals surface area contributed by atoms with Gasteiger partial charge in [0, 0.05) is 18.1 Å². The third-order valence-corrected chi connectivity index (χ3v) is 10.2. The lowest BCUT2D eigenvalue weighted by molar-refractivity contribution is 0.599. The summed E-state index contributed by atoms with van der Waals surface area (Å²) in [5.74, 6) is 0.455. The second-order valence-electron chi connectivity index (χ2n) is 9.89. The lowest BCUT2D eigenvalue weighted by Crippen LogP contribution is -2.15. The van der Waals surface area contributed by atoms with Crippen LogP contribution in [0.3, 0.4) is 0 Å². The summed E-state index contributed by atoms with van der Waals surface area (Å²) in [6, 6.07) is 23.4. The second kappa shape index (κ2) is 13.0. The molecule has 3 aromatic heterocycles. The quantitative estimate of drug-likeness (QED) is 0.109. The Morgan fingerprint density at radius 1 is 0.681 bits per heavy atom. The van der Waals surface area contributed by atoms with Crippen molar-refractivity contribution in [3.8, 4) is 5.69 Å². The van der Waals surface area contributed by atoms with Gasteiger partial charge in [-0.05, 0) is 80.6 Å². The van der Waals surface area contributed by atoms with E-state index in [4.69, 9.17) is 5.10 Å². The molecule has 0 saturated heterocycles. The Hall–Kier alpha value is -5.59. The highest BCUT2D eigenvalue weighted by Gasteiger charge is 2.20. The van der Waals surface area contributed by atoms with Crippen LogP contribution >= 0.6 is 11.3 Å². The Morgan fingerprint density at radius 3 is 1.96 bits per heavy atom. The van der Waals surface area contributed by atoms with Gasteiger partial charge in [0.2, 0.25) is 11.1 Å². The Morgan fingerprint density at radius 2 is 1.32 bits per heavy atom. The highest BCUT2D eigenvalue weighted by Crippen LogP contribution is 2.31. The average Bonchev–Trinajstić information content (AvgIpc) is 3.61. The molecule has 0 unspecified atom stereocenters. The molecule has 0 aliphatic rings. The molecule has 6 rings (SSSR count). The zero-order valence-corrected chi connectivity index (χ0v) is 27.2. The zero-order chi connectivity index (χ0) is 33.0. The predicted octanol–water partition coefficient (Wildman–Crippen LogP) is 4.91. The van der Waals surface area contributed by atoms with Crippen molar-refractivity contribution in [1.29, 1.82) is 0 Å². The van der Waals surface area contributed by atoms with Crippen LogP contribution in [0, 0.1) is 13.8 Å². The predicted molar refractivity (Wildman–Crippen MR) is 180 cm³/mol. The van der Waals surface area contributed by atoms with E-state index in [9.17, 15) is 16.8 Å². The maximum absolute atomic E-state index is 12.9. The minimum absolute atomic E-state index is 0.0291. The molecule has 5 N–H and O–H groups in total. The SMILES string of the molecule is Cc1nnc(NS(=O)(=O)c2ccc(-n3nc(Nc4ccccc4)c(NNc4ccc(S(=O)(=O)Nc5ncccn5)cc4)c3C)cc2)s1. The van der Waals surface area contributed by atoms with Crippen molar-refractivity contribution < 1.29 is 16.8 Å². The molecular formula is C29H27N11O4S3. The summed E-state index contributed by atoms with van der Waals surface area (Å²) >= 11 is 1.14. The van der Waals surface area contributed by atoms with Gasteiger partial charge in [-0.25, -0.2) is 36.2 Å². The van der Waals surface area contributed by atoms with Crippen molar-refractivity contribution in [2.75, 3.05) is 25.6 Å². The smallest absolute Gasteiger partial charge is 0.264 e. The molecule has 3 aromatic carbocycles. The third-order valence-electron chi connectivity index (χ3n) is 6.58. The van der Waals surface area contributed by atoms with Gasteiger partial charge in [-0.15, -0.1) is 15.3 Å². The number of rotatable bonds is 12. The average molecular weight is 690 g/mol. The highest BCUT2D eigenvalue weighted by atomic mass is 32.2. The number of aromatic nitrogens is 6. The maximum atomic E-state index is 12.9. The molecule has 0 radical (unpaired) electrons. The number of aryl methyl sites for hydroxylation is 1. The molecule has 0 spiro atoms. The van der Waals surface area contributed by atoms with Crippen LogP contribution in [0.15, 0.2) is 107 Å². The molecule has 0 atom stereocenters. The summed E-state index contributed by atoms with van der Waals surface area (Å²) in [6.07, 6.45) is 2.88. The lowest BCUT2D eigenvalue weighted by Gasteiger charge is -2.13. The Bertz CT molecular complexity index is 2210. The van der Waals surface area contributed by atoms with Crippen LogP contribution in [0.2, 0.25) is 0 Å². The molecule has 0 aliphatic heterocycles. The van der Waals surface area contributed by atoms with E-state index in [-0.39, 0.29) is 20.9 Å². The van der Waals surface area contributed by atoms with Gasteiger partial charge in [0.25, 0.3) is 20.0 Å². The van der Waals surface area contributed by atoms with Crippen molar-refractivity contribution in [3.63, 3.8) is 0 Å². The number of hydrazine groups is 1. The first-order valence-corrected chi connectivity index (χ1v) is 17.6. The molecule has 15 nitrogen and oxygen atoms in total. The molecule has 0 saturated carbocycles. The number of hydrogen-bond donors (Lipinski definition) is 5. The van der Waals surface area contributed by atoms with E-state index in [1.807, 2.05) is 37.3 Å². The molecule has 0 aliphatic carbocycles. The summed E-state index contributed by atoms with van der Waals surface area (Å²) in [6.45, 7) is 3.59. The standard InChI is InChI=1S/C29H27N11O4S3/c1-19-26(35-34-22-9-13-24(14-10-22)46(41,42)38-28-30-17-6-18-31-28)27(32-21-7-4-3-5-8-21)37-40(19)23-11-15-25(16-12-23)47(43,44)39-29-36-33-20(2)45-29/h3-18,34-35H,1-2H3,(H,32,37)(H,36,39)(H,30,31,38). The molecule has 18 heteroatoms. The van der Waals surface area contributed by atoms with Gasteiger partial charge in [0.1, 0.15) is 10.7 Å². The second-order valence-corrected chi connectivity index (χ2v) is 14.4. The van der Waals surface area contributed by atoms with Gasteiger partial charge in [-0.3, -0.25) is 10.1 Å². The fourth-order valence-corrected chi connectivity index (χ4v) is 7.09. The van der Waals surface area contributed by atoms with Gasteiger partial charge in [-0.1, -0.05) is 29.5 Å². The molecule has 0 amide bonds. The Kier molecular flexibility index (Phi) is 8.70. The van der Waals surface area contributed by atoms with Crippen LogP contribution in [-0.4, -0.2) is 46.8 Å². The fraction of sp³-hybridized carbons (Fsp3) is 0.0690.